The molecule has 0 atom stereocenters. The van der Waals surface area contributed by atoms with Crippen LogP contribution in [-0.2, 0) is 12.6 Å². The lowest BCUT2D eigenvalue weighted by atomic mass is 9.98. The number of fused-ring (bicyclic) bond motifs is 1. The van der Waals surface area contributed by atoms with Crippen molar-refractivity contribution in [2.45, 2.75) is 25.4 Å². The number of ether oxygens (including phenoxy) is 2. The molecule has 1 heterocycles. The second-order valence-electron chi connectivity index (χ2n) is 6.49. The molecule has 3 aromatic rings. The molecule has 2 aromatic carbocycles. The van der Waals surface area contributed by atoms with Gasteiger partial charge in [-0.05, 0) is 49.6 Å². The van der Waals surface area contributed by atoms with Crippen LogP contribution < -0.4 is 15.2 Å². The Labute approximate surface area is 161 Å². The number of halogens is 3. The molecule has 0 aliphatic heterocycles. The summed E-state index contributed by atoms with van der Waals surface area (Å²) in [5.74, 6) is 0.993. The number of rotatable bonds is 7. The number of para-hydroxylation sites is 2. The first-order valence-electron chi connectivity index (χ1n) is 9.04. The number of aryl methyl sites for hydroxylation is 1. The smallest absolute Gasteiger partial charge is 0.418 e. The molecule has 150 valence electrons. The van der Waals surface area contributed by atoms with Crippen molar-refractivity contribution in [1.29, 1.82) is 0 Å². The first-order chi connectivity index (χ1) is 13.4. The molecule has 4 nitrogen and oxygen atoms in total. The number of aromatic nitrogens is 1. The van der Waals surface area contributed by atoms with E-state index in [1.54, 1.807) is 18.2 Å². The summed E-state index contributed by atoms with van der Waals surface area (Å²) in [5, 5.41) is 0.562. The Bertz CT molecular complexity index is 964. The van der Waals surface area contributed by atoms with Crippen LogP contribution in [-0.4, -0.2) is 25.7 Å². The SMILES string of the molecule is COc1cccc(-c2[nH]c3c(C(F)(F)F)cccc3c2CCCCN)c1OC. The third-order valence-corrected chi connectivity index (χ3v) is 4.80. The highest BCUT2D eigenvalue weighted by molar-refractivity contribution is 5.94. The number of nitrogens with one attached hydrogen (secondary N) is 1. The second kappa shape index (κ2) is 8.14. The Morgan fingerprint density at radius 2 is 1.75 bits per heavy atom. The molecule has 0 spiro atoms. The highest BCUT2D eigenvalue weighted by Gasteiger charge is 2.34. The number of unbranched alkanes of at least 4 members (excludes halogenated alkanes) is 1. The molecule has 0 radical (unpaired) electrons. The van der Waals surface area contributed by atoms with Crippen LogP contribution in [0.4, 0.5) is 13.2 Å². The summed E-state index contributed by atoms with van der Waals surface area (Å²) in [6, 6.07) is 9.60. The molecule has 1 aromatic heterocycles. The van der Waals surface area contributed by atoms with Crippen LogP contribution in [0.25, 0.3) is 22.2 Å². The Balaban J connectivity index is 2.28. The molecule has 0 aliphatic carbocycles. The average molecular weight is 392 g/mol. The number of methoxy groups -OCH3 is 2. The van der Waals surface area contributed by atoms with Crippen LogP contribution in [0.1, 0.15) is 24.0 Å². The van der Waals surface area contributed by atoms with E-state index >= 15 is 0 Å². The van der Waals surface area contributed by atoms with Crippen LogP contribution in [0.5, 0.6) is 11.5 Å². The number of hydrogen-bond acceptors (Lipinski definition) is 3. The molecule has 7 heteroatoms. The first-order valence-corrected chi connectivity index (χ1v) is 9.04. The van der Waals surface area contributed by atoms with Gasteiger partial charge in [0.15, 0.2) is 11.5 Å². The van der Waals surface area contributed by atoms with Crippen molar-refractivity contribution in [3.63, 3.8) is 0 Å². The fourth-order valence-corrected chi connectivity index (χ4v) is 3.53. The summed E-state index contributed by atoms with van der Waals surface area (Å²) in [6.07, 6.45) is -2.28. The van der Waals surface area contributed by atoms with E-state index in [2.05, 4.69) is 4.98 Å². The molecule has 0 bridgehead atoms. The van der Waals surface area contributed by atoms with E-state index in [4.69, 9.17) is 15.2 Å². The van der Waals surface area contributed by atoms with Crippen molar-refractivity contribution in [3.05, 3.63) is 47.5 Å². The topological polar surface area (TPSA) is 60.3 Å². The molecule has 0 fully saturated rings. The van der Waals surface area contributed by atoms with Crippen molar-refractivity contribution in [2.24, 2.45) is 5.73 Å². The number of benzene rings is 2. The van der Waals surface area contributed by atoms with Gasteiger partial charge in [-0.1, -0.05) is 18.2 Å². The predicted molar refractivity (Wildman–Crippen MR) is 104 cm³/mol. The van der Waals surface area contributed by atoms with Gasteiger partial charge in [0.1, 0.15) is 0 Å². The van der Waals surface area contributed by atoms with E-state index in [1.807, 2.05) is 6.07 Å². The van der Waals surface area contributed by atoms with Crippen LogP contribution in [0.3, 0.4) is 0 Å². The number of alkyl halides is 3. The minimum absolute atomic E-state index is 0.0811. The van der Waals surface area contributed by atoms with Crippen LogP contribution in [0, 0.1) is 0 Å². The third kappa shape index (κ3) is 3.67. The summed E-state index contributed by atoms with van der Waals surface area (Å²) in [7, 11) is 3.04. The number of aromatic amines is 1. The monoisotopic (exact) mass is 392 g/mol. The lowest BCUT2D eigenvalue weighted by molar-refractivity contribution is -0.136. The third-order valence-electron chi connectivity index (χ3n) is 4.80. The van der Waals surface area contributed by atoms with Crippen LogP contribution in [0.2, 0.25) is 0 Å². The maximum Gasteiger partial charge on any atom is 0.418 e. The molecule has 0 saturated heterocycles. The quantitative estimate of drug-likeness (QED) is 0.547. The summed E-state index contributed by atoms with van der Waals surface area (Å²) in [5.41, 5.74) is 7.09. The van der Waals surface area contributed by atoms with Crippen molar-refractivity contribution in [2.75, 3.05) is 20.8 Å². The first kappa shape index (κ1) is 20.1. The van der Waals surface area contributed by atoms with Gasteiger partial charge in [-0.2, -0.15) is 13.2 Å². The number of hydrogen-bond donors (Lipinski definition) is 2. The Kier molecular flexibility index (Phi) is 5.84. The van der Waals surface area contributed by atoms with Gasteiger partial charge in [0.05, 0.1) is 31.0 Å². The minimum Gasteiger partial charge on any atom is -0.493 e. The Hall–Kier alpha value is -2.67. The van der Waals surface area contributed by atoms with Gasteiger partial charge in [-0.15, -0.1) is 0 Å². The summed E-state index contributed by atoms with van der Waals surface area (Å²) >= 11 is 0. The summed E-state index contributed by atoms with van der Waals surface area (Å²) in [4.78, 5) is 3.02. The van der Waals surface area contributed by atoms with E-state index < -0.39 is 11.7 Å². The molecule has 3 N–H and O–H groups in total. The minimum atomic E-state index is -4.45. The van der Waals surface area contributed by atoms with Crippen molar-refractivity contribution in [1.82, 2.24) is 4.98 Å². The fraction of sp³-hybridized carbons (Fsp3) is 0.333. The highest BCUT2D eigenvalue weighted by Crippen LogP contribution is 2.43. The molecule has 0 aliphatic rings. The highest BCUT2D eigenvalue weighted by atomic mass is 19.4. The largest absolute Gasteiger partial charge is 0.493 e. The van der Waals surface area contributed by atoms with E-state index in [0.717, 1.165) is 24.5 Å². The molecular weight excluding hydrogens is 369 g/mol. The average Bonchev–Trinajstić information content (AvgIpc) is 3.05. The standard InChI is InChI=1S/C21H23F3N2O2/c1-27-17-11-6-9-15(20(17)28-2)18-13(7-3-4-12-25)14-8-5-10-16(19(14)26-18)21(22,23)24/h5-6,8-11,26H,3-4,7,12,25H2,1-2H3. The van der Waals surface area contributed by atoms with Crippen LogP contribution in [0.15, 0.2) is 36.4 Å². The molecule has 28 heavy (non-hydrogen) atoms. The molecule has 3 rings (SSSR count). The van der Waals surface area contributed by atoms with Crippen molar-refractivity contribution in [3.8, 4) is 22.8 Å². The van der Waals surface area contributed by atoms with Gasteiger partial charge in [-0.3, -0.25) is 0 Å². The zero-order valence-corrected chi connectivity index (χ0v) is 15.8. The van der Waals surface area contributed by atoms with Gasteiger partial charge in [-0.25, -0.2) is 0 Å². The fourth-order valence-electron chi connectivity index (χ4n) is 3.53. The predicted octanol–water partition coefficient (Wildman–Crippen LogP) is 5.15. The van der Waals surface area contributed by atoms with E-state index in [-0.39, 0.29) is 5.52 Å². The van der Waals surface area contributed by atoms with Gasteiger partial charge < -0.3 is 20.2 Å². The van der Waals surface area contributed by atoms with E-state index in [9.17, 15) is 13.2 Å². The zero-order valence-electron chi connectivity index (χ0n) is 15.8. The van der Waals surface area contributed by atoms with E-state index in [1.165, 1.54) is 20.3 Å². The molecule has 0 saturated carbocycles. The Morgan fingerprint density at radius 1 is 1.00 bits per heavy atom. The van der Waals surface area contributed by atoms with Gasteiger partial charge >= 0.3 is 6.18 Å². The van der Waals surface area contributed by atoms with E-state index in [0.29, 0.717) is 41.1 Å². The zero-order chi connectivity index (χ0) is 20.3. The lowest BCUT2D eigenvalue weighted by Gasteiger charge is -2.13. The lowest BCUT2D eigenvalue weighted by Crippen LogP contribution is -2.05. The van der Waals surface area contributed by atoms with Gasteiger partial charge in [0, 0.05) is 10.9 Å². The maximum atomic E-state index is 13.6. The van der Waals surface area contributed by atoms with Gasteiger partial charge in [0.25, 0.3) is 0 Å². The van der Waals surface area contributed by atoms with Crippen molar-refractivity contribution < 1.29 is 22.6 Å². The summed E-state index contributed by atoms with van der Waals surface area (Å²) < 4.78 is 51.5. The summed E-state index contributed by atoms with van der Waals surface area (Å²) in [6.45, 7) is 0.536. The van der Waals surface area contributed by atoms with Crippen molar-refractivity contribution >= 4 is 10.9 Å². The molecule has 0 unspecified atom stereocenters. The maximum absolute atomic E-state index is 13.6. The van der Waals surface area contributed by atoms with Gasteiger partial charge in [0.2, 0.25) is 0 Å². The molecule has 0 amide bonds. The van der Waals surface area contributed by atoms with Crippen LogP contribution >= 0.6 is 0 Å². The number of H-pyrrole nitrogens is 1. The Morgan fingerprint density at radius 3 is 2.39 bits per heavy atom. The normalized spacial score (nSPS) is 11.8. The molecular formula is C21H23F3N2O2. The second-order valence-corrected chi connectivity index (χ2v) is 6.49. The number of nitrogens with two attached hydrogens (primary N) is 1.